The topological polar surface area (TPSA) is 12.0 Å². The second-order valence-electron chi connectivity index (χ2n) is 4.38. The van der Waals surface area contributed by atoms with E-state index in [1.807, 2.05) is 25.2 Å². The van der Waals surface area contributed by atoms with Gasteiger partial charge in [0.15, 0.2) is 0 Å². The van der Waals surface area contributed by atoms with Crippen LogP contribution in [0.1, 0.15) is 24.9 Å². The molecular formula is C16H18ClN. The van der Waals surface area contributed by atoms with Crippen LogP contribution in [0.15, 0.2) is 48.5 Å². The molecule has 1 nitrogen and oxygen atoms in total. The van der Waals surface area contributed by atoms with Crippen molar-refractivity contribution >= 4 is 11.6 Å². The molecule has 0 aliphatic heterocycles. The van der Waals surface area contributed by atoms with Crippen LogP contribution in [-0.4, -0.2) is 7.05 Å². The fourth-order valence-corrected chi connectivity index (χ4v) is 2.37. The molecule has 18 heavy (non-hydrogen) atoms. The lowest BCUT2D eigenvalue weighted by molar-refractivity contribution is 0.577. The Bertz CT molecular complexity index is 501. The molecule has 2 heteroatoms. The number of nitrogens with one attached hydrogen (secondary N) is 1. The molecule has 0 bridgehead atoms. The lowest BCUT2D eigenvalue weighted by atomic mass is 10.00. The highest BCUT2D eigenvalue weighted by molar-refractivity contribution is 6.30. The Balaban J connectivity index is 2.27. The van der Waals surface area contributed by atoms with Crippen LogP contribution >= 0.6 is 11.6 Å². The predicted octanol–water partition coefficient (Wildman–Crippen LogP) is 4.68. The molecule has 0 saturated carbocycles. The zero-order chi connectivity index (χ0) is 13.0. The summed E-state index contributed by atoms with van der Waals surface area (Å²) >= 11 is 6.01. The standard InChI is InChI=1S/C16H18ClN/c1-3-16(18-2)13-9-7-12(8-10-13)14-5-4-6-15(17)11-14/h4-11,16,18H,3H2,1-2H3. The first-order valence-corrected chi connectivity index (χ1v) is 6.65. The highest BCUT2D eigenvalue weighted by Crippen LogP contribution is 2.25. The first-order valence-electron chi connectivity index (χ1n) is 6.27. The normalized spacial score (nSPS) is 12.4. The molecule has 2 rings (SSSR count). The van der Waals surface area contributed by atoms with Gasteiger partial charge in [-0.25, -0.2) is 0 Å². The molecule has 2 aromatic rings. The van der Waals surface area contributed by atoms with Gasteiger partial charge in [0.05, 0.1) is 0 Å². The van der Waals surface area contributed by atoms with Gasteiger partial charge in [0, 0.05) is 11.1 Å². The third-order valence-corrected chi connectivity index (χ3v) is 3.46. The molecule has 0 aliphatic carbocycles. The van der Waals surface area contributed by atoms with Crippen LogP contribution in [-0.2, 0) is 0 Å². The maximum absolute atomic E-state index is 6.01. The predicted molar refractivity (Wildman–Crippen MR) is 79.0 cm³/mol. The van der Waals surface area contributed by atoms with Crippen LogP contribution in [0, 0.1) is 0 Å². The van der Waals surface area contributed by atoms with E-state index in [9.17, 15) is 0 Å². The Kier molecular flexibility index (Phi) is 4.40. The molecule has 0 fully saturated rings. The monoisotopic (exact) mass is 259 g/mol. The minimum absolute atomic E-state index is 0.429. The third-order valence-electron chi connectivity index (χ3n) is 3.23. The van der Waals surface area contributed by atoms with Gasteiger partial charge in [-0.15, -0.1) is 0 Å². The van der Waals surface area contributed by atoms with Crippen LogP contribution in [0.4, 0.5) is 0 Å². The maximum atomic E-state index is 6.01. The lowest BCUT2D eigenvalue weighted by Crippen LogP contribution is -2.14. The summed E-state index contributed by atoms with van der Waals surface area (Å²) in [5.41, 5.74) is 3.68. The minimum Gasteiger partial charge on any atom is -0.313 e. The van der Waals surface area contributed by atoms with Gasteiger partial charge in [-0.05, 0) is 42.3 Å². The summed E-state index contributed by atoms with van der Waals surface area (Å²) in [5, 5.41) is 4.09. The van der Waals surface area contributed by atoms with Gasteiger partial charge in [0.25, 0.3) is 0 Å². The molecule has 0 radical (unpaired) electrons. The first kappa shape index (κ1) is 13.1. The van der Waals surface area contributed by atoms with Crippen molar-refractivity contribution in [1.29, 1.82) is 0 Å². The highest BCUT2D eigenvalue weighted by atomic mass is 35.5. The Hall–Kier alpha value is -1.31. The van der Waals surface area contributed by atoms with Gasteiger partial charge >= 0.3 is 0 Å². The van der Waals surface area contributed by atoms with Gasteiger partial charge in [-0.1, -0.05) is 54.9 Å². The number of rotatable bonds is 4. The average molecular weight is 260 g/mol. The Morgan fingerprint density at radius 3 is 2.33 bits per heavy atom. The van der Waals surface area contributed by atoms with E-state index in [2.05, 4.69) is 42.6 Å². The Morgan fingerprint density at radius 1 is 1.06 bits per heavy atom. The summed E-state index contributed by atoms with van der Waals surface area (Å²) in [4.78, 5) is 0. The summed E-state index contributed by atoms with van der Waals surface area (Å²) in [6.07, 6.45) is 1.09. The third kappa shape index (κ3) is 2.92. The van der Waals surface area contributed by atoms with E-state index >= 15 is 0 Å². The molecule has 1 atom stereocenters. The molecule has 0 aliphatic rings. The van der Waals surface area contributed by atoms with Crippen molar-refractivity contribution < 1.29 is 0 Å². The van der Waals surface area contributed by atoms with Crippen molar-refractivity contribution in [3.63, 3.8) is 0 Å². The molecule has 94 valence electrons. The molecule has 0 aromatic heterocycles. The molecule has 1 unspecified atom stereocenters. The number of hydrogen-bond donors (Lipinski definition) is 1. The minimum atomic E-state index is 0.429. The summed E-state index contributed by atoms with van der Waals surface area (Å²) in [7, 11) is 2.00. The van der Waals surface area contributed by atoms with Crippen molar-refractivity contribution in [2.75, 3.05) is 7.05 Å². The van der Waals surface area contributed by atoms with Gasteiger partial charge in [-0.3, -0.25) is 0 Å². The molecule has 2 aromatic carbocycles. The zero-order valence-corrected chi connectivity index (χ0v) is 11.5. The maximum Gasteiger partial charge on any atom is 0.0412 e. The van der Waals surface area contributed by atoms with E-state index in [1.54, 1.807) is 0 Å². The average Bonchev–Trinajstić information content (AvgIpc) is 2.41. The van der Waals surface area contributed by atoms with Gasteiger partial charge in [0.1, 0.15) is 0 Å². The van der Waals surface area contributed by atoms with E-state index in [4.69, 9.17) is 11.6 Å². The number of benzene rings is 2. The van der Waals surface area contributed by atoms with Crippen LogP contribution in [0.2, 0.25) is 5.02 Å². The number of halogens is 1. The van der Waals surface area contributed by atoms with E-state index in [1.165, 1.54) is 11.1 Å². The largest absolute Gasteiger partial charge is 0.313 e. The van der Waals surface area contributed by atoms with Gasteiger partial charge in [-0.2, -0.15) is 0 Å². The van der Waals surface area contributed by atoms with Gasteiger partial charge < -0.3 is 5.32 Å². The Labute approximate surface area is 114 Å². The fourth-order valence-electron chi connectivity index (χ4n) is 2.18. The quantitative estimate of drug-likeness (QED) is 0.841. The van der Waals surface area contributed by atoms with Crippen molar-refractivity contribution in [3.05, 3.63) is 59.1 Å². The first-order chi connectivity index (χ1) is 8.74. The van der Waals surface area contributed by atoms with Crippen LogP contribution in [0.5, 0.6) is 0 Å². The second kappa shape index (κ2) is 6.03. The van der Waals surface area contributed by atoms with Crippen molar-refractivity contribution in [2.45, 2.75) is 19.4 Å². The molecule has 0 spiro atoms. The second-order valence-corrected chi connectivity index (χ2v) is 4.82. The molecule has 0 saturated heterocycles. The molecule has 0 amide bonds. The SMILES string of the molecule is CCC(NC)c1ccc(-c2cccc(Cl)c2)cc1. The summed E-state index contributed by atoms with van der Waals surface area (Å²) in [6.45, 7) is 2.19. The zero-order valence-electron chi connectivity index (χ0n) is 10.8. The van der Waals surface area contributed by atoms with Crippen LogP contribution < -0.4 is 5.32 Å². The van der Waals surface area contributed by atoms with E-state index < -0.39 is 0 Å². The van der Waals surface area contributed by atoms with Crippen molar-refractivity contribution in [3.8, 4) is 11.1 Å². The molecule has 1 N–H and O–H groups in total. The lowest BCUT2D eigenvalue weighted by Gasteiger charge is -2.14. The van der Waals surface area contributed by atoms with Crippen molar-refractivity contribution in [2.24, 2.45) is 0 Å². The highest BCUT2D eigenvalue weighted by Gasteiger charge is 2.06. The summed E-state index contributed by atoms with van der Waals surface area (Å²) in [6, 6.07) is 17.0. The summed E-state index contributed by atoms with van der Waals surface area (Å²) in [5.74, 6) is 0. The molecule has 0 heterocycles. The Morgan fingerprint density at radius 2 is 1.78 bits per heavy atom. The smallest absolute Gasteiger partial charge is 0.0412 e. The van der Waals surface area contributed by atoms with Crippen LogP contribution in [0.25, 0.3) is 11.1 Å². The van der Waals surface area contributed by atoms with E-state index in [0.717, 1.165) is 17.0 Å². The number of hydrogen-bond acceptors (Lipinski definition) is 1. The fraction of sp³-hybridized carbons (Fsp3) is 0.250. The molecular weight excluding hydrogens is 242 g/mol. The summed E-state index contributed by atoms with van der Waals surface area (Å²) < 4.78 is 0. The van der Waals surface area contributed by atoms with E-state index in [0.29, 0.717) is 6.04 Å². The van der Waals surface area contributed by atoms with Crippen molar-refractivity contribution in [1.82, 2.24) is 5.32 Å². The van der Waals surface area contributed by atoms with Gasteiger partial charge in [0.2, 0.25) is 0 Å². The van der Waals surface area contributed by atoms with E-state index in [-0.39, 0.29) is 0 Å². The van der Waals surface area contributed by atoms with Crippen LogP contribution in [0.3, 0.4) is 0 Å².